The number of benzene rings is 8. The Labute approximate surface area is 273 Å². The number of hydrogen-bond donors (Lipinski definition) is 0. The van der Waals surface area contributed by atoms with Crippen LogP contribution in [0.4, 0.5) is 0 Å². The van der Waals surface area contributed by atoms with Gasteiger partial charge < -0.3 is 0 Å². The van der Waals surface area contributed by atoms with Gasteiger partial charge in [-0.15, -0.1) is 0 Å². The first-order valence-corrected chi connectivity index (χ1v) is 17.6. The lowest BCUT2D eigenvalue weighted by molar-refractivity contribution is 1.32. The zero-order valence-electron chi connectivity index (χ0n) is 25.5. The molecule has 1 heterocycles. The van der Waals surface area contributed by atoms with Crippen molar-refractivity contribution in [3.05, 3.63) is 164 Å². The van der Waals surface area contributed by atoms with Crippen LogP contribution in [0.5, 0.6) is 0 Å². The van der Waals surface area contributed by atoms with E-state index in [1.807, 2.05) is 0 Å². The van der Waals surface area contributed by atoms with Gasteiger partial charge in [-0.05, 0) is 98.7 Å². The number of nitrogens with zero attached hydrogens (tertiary/aromatic N) is 2. The Morgan fingerprint density at radius 2 is 0.936 bits per heavy atom. The molecular weight excluding hydrogens is 587 g/mol. The summed E-state index contributed by atoms with van der Waals surface area (Å²) in [5.41, 5.74) is 8.50. The van der Waals surface area contributed by atoms with Gasteiger partial charge in [0, 0.05) is 16.5 Å². The molecule has 0 radical (unpaired) electrons. The molecule has 10 rings (SSSR count). The Morgan fingerprint density at radius 3 is 1.62 bits per heavy atom. The molecule has 0 saturated carbocycles. The molecule has 0 saturated heterocycles. The number of aromatic nitrogens is 2. The summed E-state index contributed by atoms with van der Waals surface area (Å²) in [6, 6.07) is 59.8. The maximum atomic E-state index is 5.19. The SMILES string of the molecule is c1ccc([PH+](c2ccccc2)c2ccc3c(ccc4cc(-c5ccc6nc7c(nc6c5)-c5cccc6cccc-7c56)ccc43)c2)cc1. The Hall–Kier alpha value is -5.69. The third-order valence-corrected chi connectivity index (χ3v) is 12.4. The Morgan fingerprint density at radius 1 is 0.362 bits per heavy atom. The second-order valence-electron chi connectivity index (χ2n) is 12.4. The van der Waals surface area contributed by atoms with Crippen molar-refractivity contribution in [1.29, 1.82) is 0 Å². The normalized spacial score (nSPS) is 12.0. The first-order chi connectivity index (χ1) is 23.3. The fourth-order valence-electron chi connectivity index (χ4n) is 7.46. The van der Waals surface area contributed by atoms with Gasteiger partial charge in [-0.1, -0.05) is 103 Å². The molecule has 0 aliphatic heterocycles. The summed E-state index contributed by atoms with van der Waals surface area (Å²) in [5.74, 6) is 0. The van der Waals surface area contributed by atoms with E-state index in [4.69, 9.17) is 9.97 Å². The zero-order chi connectivity index (χ0) is 30.9. The van der Waals surface area contributed by atoms with Gasteiger partial charge in [-0.25, -0.2) is 9.97 Å². The van der Waals surface area contributed by atoms with Crippen molar-refractivity contribution >= 4 is 67.2 Å². The van der Waals surface area contributed by atoms with Crippen molar-refractivity contribution in [1.82, 2.24) is 9.97 Å². The van der Waals surface area contributed by atoms with E-state index in [9.17, 15) is 0 Å². The minimum atomic E-state index is -1.12. The van der Waals surface area contributed by atoms with Gasteiger partial charge in [0.25, 0.3) is 0 Å². The summed E-state index contributed by atoms with van der Waals surface area (Å²) in [5, 5.41) is 11.8. The van der Waals surface area contributed by atoms with Gasteiger partial charge in [0.05, 0.1) is 30.3 Å². The molecule has 9 aromatic rings. The number of hydrogen-bond acceptors (Lipinski definition) is 2. The first-order valence-electron chi connectivity index (χ1n) is 16.1. The van der Waals surface area contributed by atoms with Crippen molar-refractivity contribution in [2.24, 2.45) is 0 Å². The van der Waals surface area contributed by atoms with Crippen LogP contribution in [0.15, 0.2) is 164 Å². The average molecular weight is 616 g/mol. The van der Waals surface area contributed by atoms with Crippen LogP contribution in [0, 0.1) is 0 Å². The molecule has 0 amide bonds. The Balaban J connectivity index is 1.04. The van der Waals surface area contributed by atoms with E-state index in [-0.39, 0.29) is 0 Å². The Kier molecular flexibility index (Phi) is 5.88. The summed E-state index contributed by atoms with van der Waals surface area (Å²) < 4.78 is 0. The summed E-state index contributed by atoms with van der Waals surface area (Å²) in [4.78, 5) is 10.3. The molecule has 47 heavy (non-hydrogen) atoms. The van der Waals surface area contributed by atoms with Crippen molar-refractivity contribution in [3.8, 4) is 33.6 Å². The smallest absolute Gasteiger partial charge is 0.103 e. The molecule has 0 bridgehead atoms. The first kappa shape index (κ1) is 26.5. The van der Waals surface area contributed by atoms with Gasteiger partial charge >= 0.3 is 0 Å². The van der Waals surface area contributed by atoms with Crippen molar-refractivity contribution in [2.45, 2.75) is 0 Å². The van der Waals surface area contributed by atoms with E-state index in [0.29, 0.717) is 0 Å². The molecule has 1 aromatic heterocycles. The third kappa shape index (κ3) is 4.23. The van der Waals surface area contributed by atoms with Crippen molar-refractivity contribution < 1.29 is 0 Å². The highest BCUT2D eigenvalue weighted by atomic mass is 31.1. The van der Waals surface area contributed by atoms with Gasteiger partial charge in [0.1, 0.15) is 15.9 Å². The van der Waals surface area contributed by atoms with Crippen LogP contribution in [-0.2, 0) is 0 Å². The predicted molar refractivity (Wildman–Crippen MR) is 202 cm³/mol. The summed E-state index contributed by atoms with van der Waals surface area (Å²) in [6.45, 7) is 0. The zero-order valence-corrected chi connectivity index (χ0v) is 26.5. The van der Waals surface area contributed by atoms with Crippen molar-refractivity contribution in [2.75, 3.05) is 0 Å². The molecule has 0 atom stereocenters. The minimum Gasteiger partial charge on any atom is -0.244 e. The number of rotatable bonds is 4. The van der Waals surface area contributed by atoms with Crippen LogP contribution < -0.4 is 15.9 Å². The molecule has 2 nitrogen and oxygen atoms in total. The van der Waals surface area contributed by atoms with E-state index in [1.54, 1.807) is 0 Å². The topological polar surface area (TPSA) is 25.8 Å². The number of fused-ring (bicyclic) bond motifs is 7. The van der Waals surface area contributed by atoms with Gasteiger partial charge in [0.2, 0.25) is 0 Å². The molecule has 218 valence electrons. The lowest BCUT2D eigenvalue weighted by Gasteiger charge is -2.13. The highest BCUT2D eigenvalue weighted by Gasteiger charge is 2.26. The highest BCUT2D eigenvalue weighted by molar-refractivity contribution is 7.79. The van der Waals surface area contributed by atoms with Crippen LogP contribution in [-0.4, -0.2) is 9.97 Å². The minimum absolute atomic E-state index is 0.923. The molecule has 1 aliphatic rings. The molecule has 8 aromatic carbocycles. The fraction of sp³-hybridized carbons (Fsp3) is 0. The largest absolute Gasteiger partial charge is 0.244 e. The lowest BCUT2D eigenvalue weighted by Crippen LogP contribution is -2.20. The maximum absolute atomic E-state index is 5.19. The summed E-state index contributed by atoms with van der Waals surface area (Å²) >= 11 is 0. The van der Waals surface area contributed by atoms with Crippen molar-refractivity contribution in [3.63, 3.8) is 0 Å². The lowest BCUT2D eigenvalue weighted by atomic mass is 9.97. The van der Waals surface area contributed by atoms with Gasteiger partial charge in [-0.3, -0.25) is 0 Å². The molecule has 3 heteroatoms. The van der Waals surface area contributed by atoms with Gasteiger partial charge in [-0.2, -0.15) is 0 Å². The third-order valence-electron chi connectivity index (χ3n) is 9.66. The fourth-order valence-corrected chi connectivity index (χ4v) is 10.1. The molecule has 1 aliphatic carbocycles. The molecule has 0 spiro atoms. The van der Waals surface area contributed by atoms with E-state index >= 15 is 0 Å². The molecule has 0 unspecified atom stereocenters. The average Bonchev–Trinajstić information content (AvgIpc) is 3.45. The van der Waals surface area contributed by atoms with Crippen LogP contribution in [0.2, 0.25) is 0 Å². The monoisotopic (exact) mass is 615 g/mol. The van der Waals surface area contributed by atoms with Gasteiger partial charge in [0.15, 0.2) is 0 Å². The quantitative estimate of drug-likeness (QED) is 0.146. The van der Waals surface area contributed by atoms with Crippen LogP contribution in [0.3, 0.4) is 0 Å². The van der Waals surface area contributed by atoms with Crippen LogP contribution >= 0.6 is 7.92 Å². The highest BCUT2D eigenvalue weighted by Crippen LogP contribution is 2.46. The van der Waals surface area contributed by atoms with E-state index in [1.165, 1.54) is 64.9 Å². The Bertz CT molecular complexity index is 2640. The molecule has 0 N–H and O–H groups in total. The predicted octanol–water partition coefficient (Wildman–Crippen LogP) is 9.89. The summed E-state index contributed by atoms with van der Waals surface area (Å²) in [6.07, 6.45) is 0. The van der Waals surface area contributed by atoms with E-state index in [2.05, 4.69) is 164 Å². The maximum Gasteiger partial charge on any atom is 0.103 e. The molecule has 0 fully saturated rings. The van der Waals surface area contributed by atoms with E-state index in [0.717, 1.165) is 28.0 Å². The standard InChI is InChI=1S/C44H27N2P/c1-3-11-33(12-4-1)47(34-13-5-2-6-14-34)35-21-23-37-32(26-35)18-17-31-25-29(19-22-36(31)37)30-20-24-40-41(27-30)46-44-39-16-8-10-28-9-7-15-38(42(28)39)43(44)45-40/h1-27H/p+1. The second-order valence-corrected chi connectivity index (χ2v) is 14.9. The molecular formula is C44H28N2P+. The van der Waals surface area contributed by atoms with Crippen LogP contribution in [0.1, 0.15) is 0 Å². The summed E-state index contributed by atoms with van der Waals surface area (Å²) in [7, 11) is -1.12. The van der Waals surface area contributed by atoms with Crippen LogP contribution in [0.25, 0.3) is 77.0 Å². The second kappa shape index (κ2) is 10.4. The van der Waals surface area contributed by atoms with E-state index < -0.39 is 7.92 Å².